The molecule has 1 atom stereocenters. The highest BCUT2D eigenvalue weighted by molar-refractivity contribution is 7.10. The smallest absolute Gasteiger partial charge is 0.134 e. The molecule has 1 unspecified atom stereocenters. The van der Waals surface area contributed by atoms with Crippen LogP contribution in [-0.2, 0) is 0 Å². The third kappa shape index (κ3) is 2.27. The summed E-state index contributed by atoms with van der Waals surface area (Å²) in [5.74, 6) is 6.62. The molecule has 0 aliphatic rings. The first kappa shape index (κ1) is 13.1. The maximum Gasteiger partial charge on any atom is 0.134 e. The van der Waals surface area contributed by atoms with Crippen LogP contribution in [0.2, 0.25) is 0 Å². The van der Waals surface area contributed by atoms with Crippen molar-refractivity contribution in [2.24, 2.45) is 5.84 Å². The number of hydrazine groups is 1. The van der Waals surface area contributed by atoms with Crippen LogP contribution in [0.15, 0.2) is 29.6 Å². The van der Waals surface area contributed by atoms with E-state index in [-0.39, 0.29) is 6.04 Å². The first-order chi connectivity index (χ1) is 8.69. The number of benzene rings is 1. The lowest BCUT2D eigenvalue weighted by Gasteiger charge is -2.19. The summed E-state index contributed by atoms with van der Waals surface area (Å²) in [5, 5.41) is 2.02. The minimum Gasteiger partial charge on any atom is -0.496 e. The molecule has 0 spiro atoms. The van der Waals surface area contributed by atoms with E-state index in [1.54, 1.807) is 18.4 Å². The van der Waals surface area contributed by atoms with Gasteiger partial charge in [-0.1, -0.05) is 18.2 Å². The number of hydrogen-bond donors (Lipinski definition) is 2. The highest BCUT2D eigenvalue weighted by Crippen LogP contribution is 2.35. The first-order valence-corrected chi connectivity index (χ1v) is 6.70. The summed E-state index contributed by atoms with van der Waals surface area (Å²) < 4.78 is 5.37. The van der Waals surface area contributed by atoms with E-state index in [1.165, 1.54) is 16.7 Å². The van der Waals surface area contributed by atoms with Crippen LogP contribution >= 0.6 is 11.3 Å². The molecular weight excluding hydrogens is 244 g/mol. The van der Waals surface area contributed by atoms with Crippen molar-refractivity contribution in [3.63, 3.8) is 0 Å². The Labute approximate surface area is 112 Å². The summed E-state index contributed by atoms with van der Waals surface area (Å²) in [5.41, 5.74) is 6.61. The maximum absolute atomic E-state index is 5.74. The highest BCUT2D eigenvalue weighted by atomic mass is 32.1. The fourth-order valence-electron chi connectivity index (χ4n) is 2.08. The fraction of sp³-hybridized carbons (Fsp3) is 0.286. The minimum atomic E-state index is -0.0279. The third-order valence-corrected chi connectivity index (χ3v) is 4.23. The standard InChI is InChI=1S/C14H18N2OS/c1-9-5-4-6-11(10(9)2)13(16-15)14-12(17-3)7-8-18-14/h4-8,13,16H,15H2,1-3H3. The van der Waals surface area contributed by atoms with Gasteiger partial charge in [0.1, 0.15) is 5.75 Å². The van der Waals surface area contributed by atoms with Gasteiger partial charge in [-0.25, -0.2) is 5.43 Å². The summed E-state index contributed by atoms with van der Waals surface area (Å²) in [6, 6.07) is 8.21. The van der Waals surface area contributed by atoms with Crippen molar-refractivity contribution in [3.8, 4) is 5.75 Å². The number of thiophene rings is 1. The summed E-state index contributed by atoms with van der Waals surface area (Å²) in [7, 11) is 1.68. The fourth-order valence-corrected chi connectivity index (χ4v) is 3.02. The molecule has 18 heavy (non-hydrogen) atoms. The van der Waals surface area contributed by atoms with Crippen LogP contribution in [-0.4, -0.2) is 7.11 Å². The van der Waals surface area contributed by atoms with Crippen molar-refractivity contribution in [1.29, 1.82) is 0 Å². The summed E-state index contributed by atoms with van der Waals surface area (Å²) >= 11 is 1.65. The second kappa shape index (κ2) is 5.52. The van der Waals surface area contributed by atoms with E-state index in [9.17, 15) is 0 Å². The van der Waals surface area contributed by atoms with E-state index in [0.29, 0.717) is 0 Å². The van der Waals surface area contributed by atoms with Crippen molar-refractivity contribution in [3.05, 3.63) is 51.2 Å². The molecule has 1 heterocycles. The molecule has 0 saturated heterocycles. The molecule has 0 fully saturated rings. The SMILES string of the molecule is COc1ccsc1C(NN)c1cccc(C)c1C. The Morgan fingerprint density at radius 1 is 1.28 bits per heavy atom. The Hall–Kier alpha value is -1.36. The largest absolute Gasteiger partial charge is 0.496 e. The zero-order chi connectivity index (χ0) is 13.1. The maximum atomic E-state index is 5.74. The van der Waals surface area contributed by atoms with E-state index in [1.807, 2.05) is 11.4 Å². The molecular formula is C14H18N2OS. The van der Waals surface area contributed by atoms with Gasteiger partial charge in [-0.15, -0.1) is 11.3 Å². The zero-order valence-corrected chi connectivity index (χ0v) is 11.7. The average molecular weight is 262 g/mol. The molecule has 0 amide bonds. The van der Waals surface area contributed by atoms with Gasteiger partial charge in [-0.3, -0.25) is 5.84 Å². The van der Waals surface area contributed by atoms with E-state index in [4.69, 9.17) is 10.6 Å². The van der Waals surface area contributed by atoms with Crippen LogP contribution in [0.4, 0.5) is 0 Å². The molecule has 3 nitrogen and oxygen atoms in total. The van der Waals surface area contributed by atoms with E-state index in [0.717, 1.165) is 10.6 Å². The number of rotatable bonds is 4. The van der Waals surface area contributed by atoms with E-state index < -0.39 is 0 Å². The molecule has 0 aliphatic heterocycles. The normalized spacial score (nSPS) is 12.4. The Kier molecular flexibility index (Phi) is 4.01. The molecule has 0 saturated carbocycles. The molecule has 4 heteroatoms. The van der Waals surface area contributed by atoms with Crippen molar-refractivity contribution in [2.75, 3.05) is 7.11 Å². The van der Waals surface area contributed by atoms with Crippen LogP contribution in [0.1, 0.15) is 27.6 Å². The first-order valence-electron chi connectivity index (χ1n) is 5.82. The Morgan fingerprint density at radius 3 is 2.72 bits per heavy atom. The van der Waals surface area contributed by atoms with Gasteiger partial charge in [0.2, 0.25) is 0 Å². The lowest BCUT2D eigenvalue weighted by atomic mass is 9.96. The van der Waals surface area contributed by atoms with Gasteiger partial charge in [-0.05, 0) is 42.0 Å². The molecule has 1 aromatic carbocycles. The van der Waals surface area contributed by atoms with Crippen molar-refractivity contribution in [2.45, 2.75) is 19.9 Å². The average Bonchev–Trinajstić information content (AvgIpc) is 2.83. The Balaban J connectivity index is 2.49. The number of ether oxygens (including phenoxy) is 1. The topological polar surface area (TPSA) is 47.3 Å². The van der Waals surface area contributed by atoms with Crippen molar-refractivity contribution >= 4 is 11.3 Å². The Bertz CT molecular complexity index is 536. The zero-order valence-electron chi connectivity index (χ0n) is 10.9. The monoisotopic (exact) mass is 262 g/mol. The lowest BCUT2D eigenvalue weighted by Crippen LogP contribution is -2.29. The second-order valence-corrected chi connectivity index (χ2v) is 5.19. The van der Waals surface area contributed by atoms with Crippen molar-refractivity contribution < 1.29 is 4.74 Å². The van der Waals surface area contributed by atoms with Gasteiger partial charge in [-0.2, -0.15) is 0 Å². The van der Waals surface area contributed by atoms with Gasteiger partial charge in [0.25, 0.3) is 0 Å². The quantitative estimate of drug-likeness (QED) is 0.658. The third-order valence-electron chi connectivity index (χ3n) is 3.26. The molecule has 2 aromatic rings. The number of nitrogens with two attached hydrogens (primary N) is 1. The van der Waals surface area contributed by atoms with Gasteiger partial charge < -0.3 is 4.74 Å². The minimum absolute atomic E-state index is 0.0279. The van der Waals surface area contributed by atoms with Crippen molar-refractivity contribution in [1.82, 2.24) is 5.43 Å². The predicted molar refractivity (Wildman–Crippen MR) is 76.0 cm³/mol. The van der Waals surface area contributed by atoms with Crippen LogP contribution < -0.4 is 16.0 Å². The van der Waals surface area contributed by atoms with E-state index in [2.05, 4.69) is 37.5 Å². The highest BCUT2D eigenvalue weighted by Gasteiger charge is 2.20. The molecule has 3 N–H and O–H groups in total. The summed E-state index contributed by atoms with van der Waals surface area (Å²) in [6.45, 7) is 4.23. The van der Waals surface area contributed by atoms with Gasteiger partial charge >= 0.3 is 0 Å². The van der Waals surface area contributed by atoms with Crippen LogP contribution in [0.5, 0.6) is 5.75 Å². The number of methoxy groups -OCH3 is 1. The molecule has 96 valence electrons. The van der Waals surface area contributed by atoms with Crippen LogP contribution in [0, 0.1) is 13.8 Å². The molecule has 0 radical (unpaired) electrons. The van der Waals surface area contributed by atoms with Crippen LogP contribution in [0.25, 0.3) is 0 Å². The molecule has 0 bridgehead atoms. The predicted octanol–water partition coefficient (Wildman–Crippen LogP) is 2.93. The lowest BCUT2D eigenvalue weighted by molar-refractivity contribution is 0.407. The second-order valence-electron chi connectivity index (χ2n) is 4.24. The van der Waals surface area contributed by atoms with E-state index >= 15 is 0 Å². The number of hydrogen-bond acceptors (Lipinski definition) is 4. The van der Waals surface area contributed by atoms with Crippen LogP contribution in [0.3, 0.4) is 0 Å². The Morgan fingerprint density at radius 2 is 2.06 bits per heavy atom. The summed E-state index contributed by atoms with van der Waals surface area (Å²) in [4.78, 5) is 1.11. The molecule has 2 rings (SSSR count). The van der Waals surface area contributed by atoms with Gasteiger partial charge in [0.05, 0.1) is 18.0 Å². The number of aryl methyl sites for hydroxylation is 1. The molecule has 0 aliphatic carbocycles. The van der Waals surface area contributed by atoms with Gasteiger partial charge in [0.15, 0.2) is 0 Å². The molecule has 1 aromatic heterocycles. The van der Waals surface area contributed by atoms with Gasteiger partial charge in [0, 0.05) is 0 Å². The number of nitrogens with one attached hydrogen (secondary N) is 1. The summed E-state index contributed by atoms with van der Waals surface area (Å²) in [6.07, 6.45) is 0.